The molecule has 0 aliphatic carbocycles. The molecule has 1 aromatic carbocycles. The minimum absolute atomic E-state index is 0.0889. The summed E-state index contributed by atoms with van der Waals surface area (Å²) in [5, 5.41) is 4.90. The van der Waals surface area contributed by atoms with E-state index in [0.717, 1.165) is 0 Å². The van der Waals surface area contributed by atoms with E-state index in [0.29, 0.717) is 24.3 Å². The van der Waals surface area contributed by atoms with E-state index in [1.165, 1.54) is 4.31 Å². The molecule has 1 unspecified atom stereocenters. The number of amides is 3. The summed E-state index contributed by atoms with van der Waals surface area (Å²) >= 11 is 0. The van der Waals surface area contributed by atoms with E-state index in [1.54, 1.807) is 43.0 Å². The zero-order chi connectivity index (χ0) is 21.2. The number of rotatable bonds is 5. The van der Waals surface area contributed by atoms with Crippen molar-refractivity contribution in [3.8, 4) is 0 Å². The Bertz CT molecular complexity index is 907. The molecule has 3 rings (SSSR count). The lowest BCUT2D eigenvalue weighted by molar-refractivity contribution is -0.132. The third-order valence-electron chi connectivity index (χ3n) is 5.25. The van der Waals surface area contributed by atoms with Crippen LogP contribution in [0.1, 0.15) is 37.0 Å². The van der Waals surface area contributed by atoms with Crippen LogP contribution in [0.4, 0.5) is 5.69 Å². The third-order valence-corrected chi connectivity index (χ3v) is 7.52. The molecule has 1 atom stereocenters. The summed E-state index contributed by atoms with van der Waals surface area (Å²) in [6.07, 6.45) is 0.264. The molecular formula is C19H26N4O5S. The SMILES string of the molecule is CC(C)S(=O)(=O)N1CCN(C(=O)CCC2NC(=O)c3ccccc3NC2=O)CC1. The second kappa shape index (κ2) is 8.50. The number of hydrogen-bond acceptors (Lipinski definition) is 5. The van der Waals surface area contributed by atoms with Gasteiger partial charge in [0.15, 0.2) is 0 Å². The molecule has 3 amide bonds. The molecular weight excluding hydrogens is 396 g/mol. The number of sulfonamides is 1. The van der Waals surface area contributed by atoms with E-state index in [9.17, 15) is 22.8 Å². The summed E-state index contributed by atoms with van der Waals surface area (Å²) in [4.78, 5) is 38.9. The van der Waals surface area contributed by atoms with Gasteiger partial charge in [-0.05, 0) is 32.4 Å². The van der Waals surface area contributed by atoms with Gasteiger partial charge in [0.05, 0.1) is 16.5 Å². The summed E-state index contributed by atoms with van der Waals surface area (Å²) < 4.78 is 25.9. The number of hydrogen-bond donors (Lipinski definition) is 2. The monoisotopic (exact) mass is 422 g/mol. The summed E-state index contributed by atoms with van der Waals surface area (Å²) in [5.74, 6) is -0.872. The maximum atomic E-state index is 12.5. The fourth-order valence-corrected chi connectivity index (χ4v) is 4.70. The molecule has 1 fully saturated rings. The Balaban J connectivity index is 1.54. The number of carbonyl (C=O) groups is 3. The lowest BCUT2D eigenvalue weighted by Gasteiger charge is -2.35. The lowest BCUT2D eigenvalue weighted by atomic mass is 10.1. The maximum absolute atomic E-state index is 12.5. The van der Waals surface area contributed by atoms with Crippen molar-refractivity contribution in [2.45, 2.75) is 38.0 Å². The Morgan fingerprint density at radius 3 is 2.45 bits per heavy atom. The van der Waals surface area contributed by atoms with Crippen molar-refractivity contribution in [1.82, 2.24) is 14.5 Å². The number of benzene rings is 1. The van der Waals surface area contributed by atoms with Crippen molar-refractivity contribution in [2.24, 2.45) is 0 Å². The molecule has 9 nitrogen and oxygen atoms in total. The highest BCUT2D eigenvalue weighted by molar-refractivity contribution is 7.89. The van der Waals surface area contributed by atoms with Gasteiger partial charge in [-0.3, -0.25) is 14.4 Å². The molecule has 2 aliphatic heterocycles. The first-order valence-electron chi connectivity index (χ1n) is 9.67. The predicted molar refractivity (Wildman–Crippen MR) is 108 cm³/mol. The van der Waals surface area contributed by atoms with Crippen LogP contribution in [-0.2, 0) is 19.6 Å². The summed E-state index contributed by atoms with van der Waals surface area (Å²) in [6.45, 7) is 4.44. The van der Waals surface area contributed by atoms with Crippen molar-refractivity contribution < 1.29 is 22.8 Å². The van der Waals surface area contributed by atoms with Crippen LogP contribution in [0.2, 0.25) is 0 Å². The first kappa shape index (κ1) is 21.3. The van der Waals surface area contributed by atoms with Gasteiger partial charge >= 0.3 is 0 Å². The Hall–Kier alpha value is -2.46. The third kappa shape index (κ3) is 4.59. The first-order valence-corrected chi connectivity index (χ1v) is 11.2. The molecule has 0 aromatic heterocycles. The van der Waals surface area contributed by atoms with Crippen molar-refractivity contribution in [3.05, 3.63) is 29.8 Å². The number of fused-ring (bicyclic) bond motifs is 1. The van der Waals surface area contributed by atoms with Crippen LogP contribution < -0.4 is 10.6 Å². The molecule has 158 valence electrons. The van der Waals surface area contributed by atoms with E-state index in [4.69, 9.17) is 0 Å². The zero-order valence-corrected chi connectivity index (χ0v) is 17.4. The zero-order valence-electron chi connectivity index (χ0n) is 16.6. The van der Waals surface area contributed by atoms with Gasteiger partial charge in [0.1, 0.15) is 6.04 Å². The minimum Gasteiger partial charge on any atom is -0.340 e. The molecule has 0 bridgehead atoms. The smallest absolute Gasteiger partial charge is 0.254 e. The molecule has 29 heavy (non-hydrogen) atoms. The highest BCUT2D eigenvalue weighted by atomic mass is 32.2. The fourth-order valence-electron chi connectivity index (χ4n) is 3.43. The van der Waals surface area contributed by atoms with Crippen LogP contribution in [0.25, 0.3) is 0 Å². The van der Waals surface area contributed by atoms with Crippen LogP contribution in [-0.4, -0.2) is 72.8 Å². The Morgan fingerprint density at radius 2 is 1.79 bits per heavy atom. The standard InChI is InChI=1S/C19H26N4O5S/c1-13(2)29(27,28)23-11-9-22(10-12-23)17(24)8-7-16-19(26)20-15-6-4-3-5-14(15)18(25)21-16/h3-6,13,16H,7-12H2,1-2H3,(H,20,26)(H,21,25). The van der Waals surface area contributed by atoms with E-state index in [-0.39, 0.29) is 43.7 Å². The van der Waals surface area contributed by atoms with E-state index < -0.39 is 21.3 Å². The van der Waals surface area contributed by atoms with E-state index in [1.807, 2.05) is 0 Å². The molecule has 0 spiro atoms. The number of piperazine rings is 1. The molecule has 2 N–H and O–H groups in total. The number of para-hydroxylation sites is 1. The quantitative estimate of drug-likeness (QED) is 0.713. The average Bonchev–Trinajstić information content (AvgIpc) is 2.82. The number of nitrogens with one attached hydrogen (secondary N) is 2. The van der Waals surface area contributed by atoms with Gasteiger partial charge in [-0.15, -0.1) is 0 Å². The van der Waals surface area contributed by atoms with Gasteiger partial charge < -0.3 is 15.5 Å². The first-order chi connectivity index (χ1) is 13.7. The van der Waals surface area contributed by atoms with Crippen molar-refractivity contribution in [1.29, 1.82) is 0 Å². The van der Waals surface area contributed by atoms with Crippen molar-refractivity contribution in [2.75, 3.05) is 31.5 Å². The van der Waals surface area contributed by atoms with Gasteiger partial charge in [-0.25, -0.2) is 8.42 Å². The topological polar surface area (TPSA) is 116 Å². The Morgan fingerprint density at radius 1 is 1.14 bits per heavy atom. The van der Waals surface area contributed by atoms with Gasteiger partial charge in [-0.1, -0.05) is 12.1 Å². The number of nitrogens with zero attached hydrogens (tertiary/aromatic N) is 2. The molecule has 10 heteroatoms. The summed E-state index contributed by atoms with van der Waals surface area (Å²) in [5.41, 5.74) is 0.837. The molecule has 0 saturated carbocycles. The van der Waals surface area contributed by atoms with Crippen LogP contribution in [0, 0.1) is 0 Å². The van der Waals surface area contributed by atoms with Crippen molar-refractivity contribution in [3.63, 3.8) is 0 Å². The van der Waals surface area contributed by atoms with E-state index >= 15 is 0 Å². The largest absolute Gasteiger partial charge is 0.340 e. The van der Waals surface area contributed by atoms with Crippen LogP contribution in [0.15, 0.2) is 24.3 Å². The fraction of sp³-hybridized carbons (Fsp3) is 0.526. The average molecular weight is 423 g/mol. The van der Waals surface area contributed by atoms with Gasteiger partial charge in [0, 0.05) is 32.6 Å². The second-order valence-electron chi connectivity index (χ2n) is 7.47. The summed E-state index contributed by atoms with van der Waals surface area (Å²) in [7, 11) is -3.33. The summed E-state index contributed by atoms with van der Waals surface area (Å²) in [6, 6.07) is 5.93. The molecule has 1 saturated heterocycles. The predicted octanol–water partition coefficient (Wildman–Crippen LogP) is 0.400. The maximum Gasteiger partial charge on any atom is 0.254 e. The highest BCUT2D eigenvalue weighted by Gasteiger charge is 2.32. The van der Waals surface area contributed by atoms with Gasteiger partial charge in [-0.2, -0.15) is 4.31 Å². The number of anilines is 1. The Kier molecular flexibility index (Phi) is 6.23. The molecule has 2 aliphatic rings. The second-order valence-corrected chi connectivity index (χ2v) is 9.96. The number of carbonyl (C=O) groups excluding carboxylic acids is 3. The minimum atomic E-state index is -3.33. The lowest BCUT2D eigenvalue weighted by Crippen LogP contribution is -2.52. The molecule has 1 aromatic rings. The van der Waals surface area contributed by atoms with Gasteiger partial charge in [0.25, 0.3) is 5.91 Å². The highest BCUT2D eigenvalue weighted by Crippen LogP contribution is 2.20. The van der Waals surface area contributed by atoms with E-state index in [2.05, 4.69) is 10.6 Å². The van der Waals surface area contributed by atoms with Crippen molar-refractivity contribution >= 4 is 33.4 Å². The van der Waals surface area contributed by atoms with Crippen LogP contribution in [0.3, 0.4) is 0 Å². The molecule has 0 radical (unpaired) electrons. The van der Waals surface area contributed by atoms with Crippen LogP contribution in [0.5, 0.6) is 0 Å². The normalized spacial score (nSPS) is 20.7. The van der Waals surface area contributed by atoms with Crippen LogP contribution >= 0.6 is 0 Å². The Labute approximate surface area is 170 Å². The molecule has 2 heterocycles. The van der Waals surface area contributed by atoms with Gasteiger partial charge in [0.2, 0.25) is 21.8 Å².